The Bertz CT molecular complexity index is 1900. The van der Waals surface area contributed by atoms with Crippen molar-refractivity contribution in [3.8, 4) is 33.3 Å². The van der Waals surface area contributed by atoms with Gasteiger partial charge in [-0.05, 0) is 87.9 Å². The Morgan fingerprint density at radius 2 is 1.91 bits per heavy atom. The summed E-state index contributed by atoms with van der Waals surface area (Å²) in [6, 6.07) is 16.9. The van der Waals surface area contributed by atoms with E-state index in [9.17, 15) is 9.90 Å². The lowest BCUT2D eigenvalue weighted by atomic mass is 9.86. The number of carboxylic acid groups (broad SMARTS) is 1. The summed E-state index contributed by atoms with van der Waals surface area (Å²) < 4.78 is 34.3. The van der Waals surface area contributed by atoms with Crippen LogP contribution in [0.2, 0.25) is 0 Å². The number of nitrogens with zero attached hydrogens (tertiary/aromatic N) is 2. The van der Waals surface area contributed by atoms with Gasteiger partial charge in [0.25, 0.3) is 0 Å². The second-order valence-electron chi connectivity index (χ2n) is 12.2. The number of hydrogen-bond acceptors (Lipinski definition) is 7. The number of ether oxygens (including phenoxy) is 3. The van der Waals surface area contributed by atoms with Gasteiger partial charge in [0, 0.05) is 34.5 Å². The van der Waals surface area contributed by atoms with Gasteiger partial charge in [0.15, 0.2) is 17.7 Å². The molecule has 1 unspecified atom stereocenters. The number of aromatic nitrogens is 2. The molecule has 232 valence electrons. The maximum atomic E-state index is 15.7. The summed E-state index contributed by atoms with van der Waals surface area (Å²) in [5, 5.41) is 11.2. The zero-order valence-electron chi connectivity index (χ0n) is 25.9. The van der Waals surface area contributed by atoms with Crippen molar-refractivity contribution in [1.82, 2.24) is 9.97 Å². The van der Waals surface area contributed by atoms with E-state index in [1.807, 2.05) is 83.1 Å². The van der Waals surface area contributed by atoms with Crippen molar-refractivity contribution in [2.75, 3.05) is 6.61 Å². The van der Waals surface area contributed by atoms with Gasteiger partial charge in [-0.25, -0.2) is 19.2 Å². The lowest BCUT2D eigenvalue weighted by Crippen LogP contribution is -2.28. The number of carbonyl (C=O) groups is 1. The van der Waals surface area contributed by atoms with Crippen molar-refractivity contribution in [1.29, 1.82) is 0 Å². The fourth-order valence-electron chi connectivity index (χ4n) is 5.80. The molecule has 0 saturated heterocycles. The van der Waals surface area contributed by atoms with Gasteiger partial charge in [-0.2, -0.15) is 0 Å². The van der Waals surface area contributed by atoms with Crippen molar-refractivity contribution in [2.24, 2.45) is 0 Å². The smallest absolute Gasteiger partial charge is 0.337 e. The van der Waals surface area contributed by atoms with Crippen molar-refractivity contribution < 1.29 is 28.5 Å². The predicted molar refractivity (Wildman–Crippen MR) is 174 cm³/mol. The largest absolute Gasteiger partial charge is 0.490 e. The van der Waals surface area contributed by atoms with Crippen LogP contribution in [0.25, 0.3) is 31.9 Å². The van der Waals surface area contributed by atoms with E-state index in [2.05, 4.69) is 4.98 Å². The molecule has 1 aliphatic heterocycles. The average Bonchev–Trinajstić information content (AvgIpc) is 3.44. The summed E-state index contributed by atoms with van der Waals surface area (Å²) in [7, 11) is 0. The Morgan fingerprint density at radius 3 is 2.64 bits per heavy atom. The molecule has 1 aliphatic rings. The van der Waals surface area contributed by atoms with E-state index in [-0.39, 0.29) is 5.75 Å². The van der Waals surface area contributed by atoms with Crippen LogP contribution in [0.15, 0.2) is 60.8 Å². The van der Waals surface area contributed by atoms with Crippen LogP contribution in [0.3, 0.4) is 0 Å². The van der Waals surface area contributed by atoms with Crippen molar-refractivity contribution >= 4 is 27.5 Å². The van der Waals surface area contributed by atoms with Crippen molar-refractivity contribution in [3.05, 3.63) is 94.4 Å². The van der Waals surface area contributed by atoms with Crippen molar-refractivity contribution in [2.45, 2.75) is 65.8 Å². The molecule has 9 heteroatoms. The molecular formula is C36H35FN2O5S. The third-order valence-corrected chi connectivity index (χ3v) is 8.94. The Labute approximate surface area is 265 Å². The lowest BCUT2D eigenvalue weighted by Gasteiger charge is -2.29. The Morgan fingerprint density at radius 1 is 1.13 bits per heavy atom. The SMILES string of the molecule is Cc1cc2nc(-c3ccnc(OCc4ccccc4)c3)sc2c(-c2cc(F)c3c(c2C)CCCO3)c1C(OC(C)(C)C)C(=O)O. The quantitative estimate of drug-likeness (QED) is 0.184. The second-order valence-corrected chi connectivity index (χ2v) is 13.2. The number of thiazole rings is 1. The van der Waals surface area contributed by atoms with E-state index in [4.69, 9.17) is 19.2 Å². The Hall–Kier alpha value is -4.34. The number of aliphatic carboxylic acids is 1. The van der Waals surface area contributed by atoms with Gasteiger partial charge < -0.3 is 19.3 Å². The summed E-state index contributed by atoms with van der Waals surface area (Å²) in [5.74, 6) is -0.843. The van der Waals surface area contributed by atoms with Crippen LogP contribution in [0.4, 0.5) is 4.39 Å². The molecule has 0 aliphatic carbocycles. The van der Waals surface area contributed by atoms with Gasteiger partial charge in [0.1, 0.15) is 11.6 Å². The molecule has 0 spiro atoms. The summed E-state index contributed by atoms with van der Waals surface area (Å²) in [5.41, 5.74) is 5.84. The van der Waals surface area contributed by atoms with Gasteiger partial charge in [0.2, 0.25) is 5.88 Å². The molecule has 3 aromatic carbocycles. The highest BCUT2D eigenvalue weighted by molar-refractivity contribution is 7.22. The van der Waals surface area contributed by atoms with Crippen LogP contribution in [0.5, 0.6) is 11.6 Å². The van der Waals surface area contributed by atoms with E-state index < -0.39 is 23.5 Å². The fraction of sp³-hybridized carbons (Fsp3) is 0.306. The minimum atomic E-state index is -1.29. The van der Waals surface area contributed by atoms with Gasteiger partial charge >= 0.3 is 5.97 Å². The highest BCUT2D eigenvalue weighted by atomic mass is 32.1. The van der Waals surface area contributed by atoms with Crippen LogP contribution in [0, 0.1) is 19.7 Å². The molecule has 1 atom stereocenters. The summed E-state index contributed by atoms with van der Waals surface area (Å²) >= 11 is 1.42. The van der Waals surface area contributed by atoms with Crippen LogP contribution < -0.4 is 9.47 Å². The maximum Gasteiger partial charge on any atom is 0.337 e. The molecule has 0 fully saturated rings. The van der Waals surface area contributed by atoms with Crippen LogP contribution in [0.1, 0.15) is 61.1 Å². The normalized spacial score (nSPS) is 13.7. The number of carboxylic acids is 1. The van der Waals surface area contributed by atoms with Crippen LogP contribution >= 0.6 is 11.3 Å². The van der Waals surface area contributed by atoms with Gasteiger partial charge in [-0.1, -0.05) is 30.3 Å². The van der Waals surface area contributed by atoms with E-state index in [1.54, 1.807) is 6.20 Å². The zero-order chi connectivity index (χ0) is 31.9. The van der Waals surface area contributed by atoms with E-state index in [0.717, 1.165) is 33.4 Å². The molecular weight excluding hydrogens is 591 g/mol. The minimum absolute atomic E-state index is 0.276. The zero-order valence-corrected chi connectivity index (χ0v) is 26.8. The first-order valence-corrected chi connectivity index (χ1v) is 15.7. The predicted octanol–water partition coefficient (Wildman–Crippen LogP) is 8.63. The van der Waals surface area contributed by atoms with Crippen LogP contribution in [-0.4, -0.2) is 33.3 Å². The molecule has 1 N–H and O–H groups in total. The number of pyridine rings is 1. The first-order chi connectivity index (χ1) is 21.5. The van der Waals surface area contributed by atoms with E-state index >= 15 is 4.39 Å². The maximum absolute atomic E-state index is 15.7. The molecule has 0 radical (unpaired) electrons. The molecule has 5 aromatic rings. The number of aryl methyl sites for hydroxylation is 1. The molecule has 0 amide bonds. The molecule has 3 heterocycles. The standard InChI is InChI=1S/C36H35FN2O5S/c1-20-16-27-33(45-34(39-27)23-13-14-38-28(17-23)43-19-22-10-7-6-8-11-22)30(29(20)32(35(40)41)44-36(3,4)5)25-18-26(37)31-24(21(25)2)12-9-15-42-31/h6-8,10-11,13-14,16-18,32H,9,12,15,19H2,1-5H3,(H,40,41). The number of rotatable bonds is 8. The Kier molecular flexibility index (Phi) is 8.33. The fourth-order valence-corrected chi connectivity index (χ4v) is 6.91. The first kappa shape index (κ1) is 30.7. The highest BCUT2D eigenvalue weighted by Crippen LogP contribution is 2.47. The summed E-state index contributed by atoms with van der Waals surface area (Å²) in [4.78, 5) is 22.2. The third-order valence-electron chi connectivity index (χ3n) is 7.80. The lowest BCUT2D eigenvalue weighted by molar-refractivity contribution is -0.160. The molecule has 0 bridgehead atoms. The molecule has 6 rings (SSSR count). The number of halogens is 1. The topological polar surface area (TPSA) is 90.8 Å². The second kappa shape index (κ2) is 12.2. The molecule has 2 aromatic heterocycles. The van der Waals surface area contributed by atoms with Gasteiger partial charge in [-0.3, -0.25) is 0 Å². The number of benzene rings is 3. The number of hydrogen-bond donors (Lipinski definition) is 1. The average molecular weight is 627 g/mol. The van der Waals surface area contributed by atoms with Gasteiger partial charge in [-0.15, -0.1) is 11.3 Å². The first-order valence-electron chi connectivity index (χ1n) is 14.9. The monoisotopic (exact) mass is 626 g/mol. The van der Waals surface area contributed by atoms with Crippen LogP contribution in [-0.2, 0) is 22.6 Å². The molecule has 45 heavy (non-hydrogen) atoms. The summed E-state index contributed by atoms with van der Waals surface area (Å²) in [6.07, 6.45) is 1.84. The molecule has 7 nitrogen and oxygen atoms in total. The van der Waals surface area contributed by atoms with E-state index in [1.165, 1.54) is 17.4 Å². The summed E-state index contributed by atoms with van der Waals surface area (Å²) in [6.45, 7) is 10.1. The molecule has 0 saturated carbocycles. The van der Waals surface area contributed by atoms with Gasteiger partial charge in [0.05, 0.1) is 22.4 Å². The van der Waals surface area contributed by atoms with E-state index in [0.29, 0.717) is 58.3 Å². The van der Waals surface area contributed by atoms with Crippen molar-refractivity contribution in [3.63, 3.8) is 0 Å². The number of fused-ring (bicyclic) bond motifs is 2. The third kappa shape index (κ3) is 6.28. The minimum Gasteiger partial charge on any atom is -0.490 e. The highest BCUT2D eigenvalue weighted by Gasteiger charge is 2.34. The Balaban J connectivity index is 1.54.